The van der Waals surface area contributed by atoms with Gasteiger partial charge < -0.3 is 5.11 Å². The maximum Gasteiger partial charge on any atom is 0.411 e. The summed E-state index contributed by atoms with van der Waals surface area (Å²) in [5.41, 5.74) is 0.700. The fraction of sp³-hybridized carbons (Fsp3) is 0.125. The van der Waals surface area contributed by atoms with E-state index >= 15 is 0 Å². The number of amides is 1. The Morgan fingerprint density at radius 3 is 2.50 bits per heavy atom. The first kappa shape index (κ1) is 12.5. The molecular formula is C8H6BrI2NO2. The van der Waals surface area contributed by atoms with Crippen molar-refractivity contribution in [3.63, 3.8) is 0 Å². The number of hydrogen-bond acceptors (Lipinski definition) is 1. The zero-order valence-electron chi connectivity index (χ0n) is 7.09. The predicted octanol–water partition coefficient (Wildman–Crippen LogP) is 3.77. The van der Waals surface area contributed by atoms with Gasteiger partial charge in [0, 0.05) is 18.7 Å². The van der Waals surface area contributed by atoms with Crippen LogP contribution in [0.2, 0.25) is 0 Å². The van der Waals surface area contributed by atoms with E-state index in [0.717, 1.165) is 11.6 Å². The predicted molar refractivity (Wildman–Crippen MR) is 76.0 cm³/mol. The van der Waals surface area contributed by atoms with Crippen LogP contribution in [0.15, 0.2) is 16.6 Å². The van der Waals surface area contributed by atoms with Crippen molar-refractivity contribution in [3.05, 3.63) is 23.7 Å². The number of benzene rings is 1. The molecule has 1 N–H and O–H groups in total. The van der Waals surface area contributed by atoms with Gasteiger partial charge in [-0.3, -0.25) is 4.90 Å². The SMILES string of the molecule is CN(C(=O)O)c1cc(I)c(Br)cc1I. The molecular weight excluding hydrogens is 476 g/mol. The highest BCUT2D eigenvalue weighted by Crippen LogP contribution is 2.29. The zero-order valence-corrected chi connectivity index (χ0v) is 13.0. The van der Waals surface area contributed by atoms with Crippen LogP contribution >= 0.6 is 61.1 Å². The molecule has 3 nitrogen and oxygen atoms in total. The Labute approximate surface area is 117 Å². The lowest BCUT2D eigenvalue weighted by atomic mass is 10.3. The summed E-state index contributed by atoms with van der Waals surface area (Å²) in [6.07, 6.45) is -0.957. The number of halogens is 3. The summed E-state index contributed by atoms with van der Waals surface area (Å²) in [5, 5.41) is 8.83. The summed E-state index contributed by atoms with van der Waals surface area (Å²) in [7, 11) is 1.53. The summed E-state index contributed by atoms with van der Waals surface area (Å²) >= 11 is 7.65. The second kappa shape index (κ2) is 4.97. The van der Waals surface area contributed by atoms with Gasteiger partial charge in [0.25, 0.3) is 0 Å². The normalized spacial score (nSPS) is 10.0. The summed E-state index contributed by atoms with van der Waals surface area (Å²) in [4.78, 5) is 12.0. The summed E-state index contributed by atoms with van der Waals surface area (Å²) in [6.45, 7) is 0. The van der Waals surface area contributed by atoms with E-state index in [1.165, 1.54) is 11.9 Å². The summed E-state index contributed by atoms with van der Waals surface area (Å²) in [5.74, 6) is 0. The summed E-state index contributed by atoms with van der Waals surface area (Å²) < 4.78 is 2.87. The van der Waals surface area contributed by atoms with Gasteiger partial charge in [-0.25, -0.2) is 4.79 Å². The van der Waals surface area contributed by atoms with Crippen LogP contribution in [-0.4, -0.2) is 18.2 Å². The van der Waals surface area contributed by atoms with E-state index < -0.39 is 6.09 Å². The minimum Gasteiger partial charge on any atom is -0.465 e. The Morgan fingerprint density at radius 1 is 1.43 bits per heavy atom. The van der Waals surface area contributed by atoms with Gasteiger partial charge in [-0.05, 0) is 73.2 Å². The van der Waals surface area contributed by atoms with Gasteiger partial charge in [-0.1, -0.05) is 0 Å². The molecule has 0 spiro atoms. The molecule has 14 heavy (non-hydrogen) atoms. The molecule has 0 fully saturated rings. The van der Waals surface area contributed by atoms with E-state index in [-0.39, 0.29) is 0 Å². The number of anilines is 1. The van der Waals surface area contributed by atoms with E-state index in [0.29, 0.717) is 5.69 Å². The van der Waals surface area contributed by atoms with E-state index in [1.54, 1.807) is 0 Å². The highest BCUT2D eigenvalue weighted by molar-refractivity contribution is 14.1. The third-order valence-electron chi connectivity index (χ3n) is 1.64. The van der Waals surface area contributed by atoms with Crippen LogP contribution in [-0.2, 0) is 0 Å². The smallest absolute Gasteiger partial charge is 0.411 e. The third-order valence-corrected chi connectivity index (χ3v) is 4.79. The minimum atomic E-state index is -0.957. The highest BCUT2D eigenvalue weighted by atomic mass is 127. The molecule has 76 valence electrons. The number of carbonyl (C=O) groups is 1. The minimum absolute atomic E-state index is 0.700. The number of carboxylic acid groups (broad SMARTS) is 1. The Balaban J connectivity index is 3.22. The first-order valence-corrected chi connectivity index (χ1v) is 6.49. The van der Waals surface area contributed by atoms with Crippen molar-refractivity contribution in [1.29, 1.82) is 0 Å². The second-order valence-electron chi connectivity index (χ2n) is 2.56. The molecule has 0 bridgehead atoms. The Bertz CT molecular complexity index is 384. The Hall–Kier alpha value is 0.430. The molecule has 0 aliphatic rings. The molecule has 0 heterocycles. The molecule has 0 atom stereocenters. The van der Waals surface area contributed by atoms with E-state index in [1.807, 2.05) is 12.1 Å². The van der Waals surface area contributed by atoms with E-state index in [9.17, 15) is 4.79 Å². The van der Waals surface area contributed by atoms with Crippen molar-refractivity contribution in [3.8, 4) is 0 Å². The second-order valence-corrected chi connectivity index (χ2v) is 5.74. The average Bonchev–Trinajstić information content (AvgIpc) is 2.10. The Morgan fingerprint density at radius 2 is 2.00 bits per heavy atom. The monoisotopic (exact) mass is 481 g/mol. The van der Waals surface area contributed by atoms with Crippen molar-refractivity contribution >= 4 is 72.9 Å². The lowest BCUT2D eigenvalue weighted by Gasteiger charge is -2.15. The number of nitrogens with zero attached hydrogens (tertiary/aromatic N) is 1. The average molecular weight is 482 g/mol. The third kappa shape index (κ3) is 2.72. The summed E-state index contributed by atoms with van der Waals surface area (Å²) in [6, 6.07) is 3.73. The molecule has 1 aromatic carbocycles. The van der Waals surface area contributed by atoms with Crippen molar-refractivity contribution in [2.75, 3.05) is 11.9 Å². The van der Waals surface area contributed by atoms with Crippen molar-refractivity contribution in [2.45, 2.75) is 0 Å². The zero-order chi connectivity index (χ0) is 10.9. The van der Waals surface area contributed by atoms with Crippen molar-refractivity contribution in [2.24, 2.45) is 0 Å². The molecule has 0 unspecified atom stereocenters. The van der Waals surface area contributed by atoms with E-state index in [2.05, 4.69) is 61.1 Å². The largest absolute Gasteiger partial charge is 0.465 e. The molecule has 0 aliphatic carbocycles. The lowest BCUT2D eigenvalue weighted by molar-refractivity contribution is 0.203. The Kier molecular flexibility index (Phi) is 4.44. The van der Waals surface area contributed by atoms with Crippen LogP contribution in [0.1, 0.15) is 0 Å². The van der Waals surface area contributed by atoms with Gasteiger partial charge in [-0.2, -0.15) is 0 Å². The molecule has 1 aromatic rings. The maximum atomic E-state index is 10.8. The lowest BCUT2D eigenvalue weighted by Crippen LogP contribution is -2.24. The quantitative estimate of drug-likeness (QED) is 0.490. The molecule has 0 aliphatic heterocycles. The van der Waals surface area contributed by atoms with Crippen molar-refractivity contribution < 1.29 is 9.90 Å². The molecule has 1 rings (SSSR count). The van der Waals surface area contributed by atoms with Crippen molar-refractivity contribution in [1.82, 2.24) is 0 Å². The first-order valence-electron chi connectivity index (χ1n) is 3.54. The molecule has 1 amide bonds. The molecule has 6 heteroatoms. The fourth-order valence-electron chi connectivity index (χ4n) is 0.872. The van der Waals surface area contributed by atoms with Gasteiger partial charge in [0.15, 0.2) is 0 Å². The fourth-order valence-corrected chi connectivity index (χ4v) is 2.92. The van der Waals surface area contributed by atoms with Crippen LogP contribution in [0.25, 0.3) is 0 Å². The van der Waals surface area contributed by atoms with Crippen LogP contribution < -0.4 is 4.90 Å². The highest BCUT2D eigenvalue weighted by Gasteiger charge is 2.13. The van der Waals surface area contributed by atoms with Crippen LogP contribution in [0.3, 0.4) is 0 Å². The molecule has 0 saturated carbocycles. The van der Waals surface area contributed by atoms with Crippen LogP contribution in [0.4, 0.5) is 10.5 Å². The number of rotatable bonds is 1. The molecule has 0 saturated heterocycles. The molecule has 0 aromatic heterocycles. The topological polar surface area (TPSA) is 40.5 Å². The standard InChI is InChI=1S/C8H6BrI2NO2/c1-12(8(13)14)7-3-5(10)4(9)2-6(7)11/h2-3H,1H3,(H,13,14). The number of hydrogen-bond donors (Lipinski definition) is 1. The van der Waals surface area contributed by atoms with Crippen LogP contribution in [0.5, 0.6) is 0 Å². The molecule has 0 radical (unpaired) electrons. The maximum absolute atomic E-state index is 10.8. The van der Waals surface area contributed by atoms with E-state index in [4.69, 9.17) is 5.11 Å². The van der Waals surface area contributed by atoms with Gasteiger partial charge in [0.2, 0.25) is 0 Å². The van der Waals surface area contributed by atoms with Gasteiger partial charge in [0.1, 0.15) is 0 Å². The van der Waals surface area contributed by atoms with Gasteiger partial charge in [0.05, 0.1) is 5.69 Å². The first-order chi connectivity index (χ1) is 6.43. The van der Waals surface area contributed by atoms with Gasteiger partial charge in [-0.15, -0.1) is 0 Å². The van der Waals surface area contributed by atoms with Crippen LogP contribution in [0, 0.1) is 7.14 Å². The van der Waals surface area contributed by atoms with Gasteiger partial charge >= 0.3 is 6.09 Å².